The summed E-state index contributed by atoms with van der Waals surface area (Å²) < 4.78 is 28.2. The number of hydrogen-bond acceptors (Lipinski definition) is 5. The van der Waals surface area contributed by atoms with Crippen molar-refractivity contribution in [3.8, 4) is 0 Å². The van der Waals surface area contributed by atoms with Crippen LogP contribution in [0.15, 0.2) is 38.6 Å². The molecule has 1 aromatic rings. The van der Waals surface area contributed by atoms with Gasteiger partial charge in [-0.15, -0.1) is 0 Å². The largest absolute Gasteiger partial charge is 0.343 e. The summed E-state index contributed by atoms with van der Waals surface area (Å²) in [6.07, 6.45) is 3.72. The third-order valence-corrected chi connectivity index (χ3v) is 7.23. The molecule has 3 rings (SSSR count). The van der Waals surface area contributed by atoms with Crippen molar-refractivity contribution in [3.05, 3.63) is 28.7 Å². The van der Waals surface area contributed by atoms with Crippen LogP contribution in [0.4, 0.5) is 0 Å². The molecular formula is C17H25BrN4O2S. The van der Waals surface area contributed by atoms with E-state index in [9.17, 15) is 8.42 Å². The van der Waals surface area contributed by atoms with Crippen molar-refractivity contribution in [2.75, 3.05) is 13.3 Å². The predicted octanol–water partition coefficient (Wildman–Crippen LogP) is 2.73. The van der Waals surface area contributed by atoms with Gasteiger partial charge in [-0.1, -0.05) is 42.6 Å². The summed E-state index contributed by atoms with van der Waals surface area (Å²) in [7, 11) is -3.62. The molecule has 0 aromatic heterocycles. The van der Waals surface area contributed by atoms with Crippen LogP contribution >= 0.6 is 15.9 Å². The first kappa shape index (κ1) is 18.7. The second kappa shape index (κ2) is 7.63. The summed E-state index contributed by atoms with van der Waals surface area (Å²) in [5, 5.41) is 3.12. The van der Waals surface area contributed by atoms with Crippen LogP contribution in [0.3, 0.4) is 0 Å². The number of halogens is 1. The predicted molar refractivity (Wildman–Crippen MR) is 103 cm³/mol. The molecule has 0 radical (unpaired) electrons. The summed E-state index contributed by atoms with van der Waals surface area (Å²) in [5.41, 5.74) is 0. The highest BCUT2D eigenvalue weighted by molar-refractivity contribution is 9.10. The van der Waals surface area contributed by atoms with Gasteiger partial charge in [-0.05, 0) is 42.5 Å². The molecule has 0 saturated heterocycles. The lowest BCUT2D eigenvalue weighted by Gasteiger charge is -2.42. The van der Waals surface area contributed by atoms with Gasteiger partial charge in [-0.3, -0.25) is 4.90 Å². The van der Waals surface area contributed by atoms with Crippen LogP contribution in [0.25, 0.3) is 0 Å². The minimum Gasteiger partial charge on any atom is -0.343 e. The number of sulfonamides is 1. The van der Waals surface area contributed by atoms with Gasteiger partial charge in [-0.2, -0.15) is 0 Å². The maximum atomic E-state index is 12.4. The zero-order valence-electron chi connectivity index (χ0n) is 14.6. The lowest BCUT2D eigenvalue weighted by atomic mass is 9.77. The molecular weight excluding hydrogens is 404 g/mol. The minimum atomic E-state index is -3.62. The minimum absolute atomic E-state index is 0.220. The second-order valence-electron chi connectivity index (χ2n) is 6.97. The maximum Gasteiger partial charge on any atom is 0.264 e. The van der Waals surface area contributed by atoms with Crippen LogP contribution in [0.2, 0.25) is 0 Å². The summed E-state index contributed by atoms with van der Waals surface area (Å²) in [6, 6.07) is 7.04. The van der Waals surface area contributed by atoms with Crippen LogP contribution in [-0.2, 0) is 10.0 Å². The highest BCUT2D eigenvalue weighted by atomic mass is 79.9. The Balaban J connectivity index is 1.64. The van der Waals surface area contributed by atoms with Crippen LogP contribution in [0, 0.1) is 11.8 Å². The van der Waals surface area contributed by atoms with E-state index in [4.69, 9.17) is 0 Å². The van der Waals surface area contributed by atoms with Gasteiger partial charge in [0.1, 0.15) is 0 Å². The topological polar surface area (TPSA) is 73.8 Å². The third kappa shape index (κ3) is 4.35. The number of benzene rings is 1. The van der Waals surface area contributed by atoms with Gasteiger partial charge >= 0.3 is 0 Å². The van der Waals surface area contributed by atoms with E-state index < -0.39 is 10.0 Å². The zero-order chi connectivity index (χ0) is 18.0. The van der Waals surface area contributed by atoms with Gasteiger partial charge in [-0.25, -0.2) is 18.1 Å². The van der Waals surface area contributed by atoms with Gasteiger partial charge in [0.05, 0.1) is 18.2 Å². The molecule has 138 valence electrons. The van der Waals surface area contributed by atoms with Crippen LogP contribution < -0.4 is 10.0 Å². The van der Waals surface area contributed by atoms with Gasteiger partial charge < -0.3 is 5.32 Å². The van der Waals surface area contributed by atoms with Gasteiger partial charge in [0.2, 0.25) is 5.96 Å². The molecule has 0 spiro atoms. The molecule has 1 aromatic carbocycles. The van der Waals surface area contributed by atoms with Crippen molar-refractivity contribution >= 4 is 31.9 Å². The average molecular weight is 429 g/mol. The normalized spacial score (nSPS) is 28.1. The van der Waals surface area contributed by atoms with Crippen LogP contribution in [0.5, 0.6) is 0 Å². The molecule has 0 amide bonds. The Morgan fingerprint density at radius 2 is 1.96 bits per heavy atom. The number of guanidine groups is 1. The second-order valence-corrected chi connectivity index (χ2v) is 9.56. The summed E-state index contributed by atoms with van der Waals surface area (Å²) in [5.74, 6) is 1.67. The van der Waals surface area contributed by atoms with Crippen molar-refractivity contribution in [1.82, 2.24) is 14.9 Å². The first-order valence-corrected chi connectivity index (χ1v) is 10.9. The number of nitrogens with one attached hydrogen (secondary N) is 2. The Morgan fingerprint density at radius 3 is 2.60 bits per heavy atom. The zero-order valence-corrected chi connectivity index (χ0v) is 17.0. The maximum absolute atomic E-state index is 12.4. The van der Waals surface area contributed by atoms with Gasteiger partial charge in [0.25, 0.3) is 10.0 Å². The molecule has 1 aliphatic heterocycles. The van der Waals surface area contributed by atoms with Crippen molar-refractivity contribution in [1.29, 1.82) is 0 Å². The molecule has 1 fully saturated rings. The van der Waals surface area contributed by atoms with E-state index in [1.165, 1.54) is 19.3 Å². The standard InChI is InChI=1S/C17H25BrN4O2S/c1-12-4-3-5-16(13(12)2)22-10-19-17(20-11-22)21-25(23,24)15-8-6-14(18)7-9-15/h6-9,12-13,16H,3-5,10-11H2,1-2H3,(H2,19,20,21)/t12-,13-,16-/m1/s1. The van der Waals surface area contributed by atoms with E-state index in [0.717, 1.165) is 10.4 Å². The molecule has 2 N–H and O–H groups in total. The molecule has 1 aliphatic carbocycles. The summed E-state index contributed by atoms with van der Waals surface area (Å²) in [6.45, 7) is 5.76. The molecule has 6 nitrogen and oxygen atoms in total. The summed E-state index contributed by atoms with van der Waals surface area (Å²) >= 11 is 3.31. The monoisotopic (exact) mass is 428 g/mol. The van der Waals surface area contributed by atoms with E-state index >= 15 is 0 Å². The van der Waals surface area contributed by atoms with E-state index in [-0.39, 0.29) is 4.90 Å². The Hall–Kier alpha value is -1.12. The first-order valence-electron chi connectivity index (χ1n) is 8.67. The first-order chi connectivity index (χ1) is 11.9. The Labute approximate surface area is 158 Å². The fourth-order valence-corrected chi connectivity index (χ4v) is 4.87. The number of hydrogen-bond donors (Lipinski definition) is 2. The van der Waals surface area contributed by atoms with Crippen molar-refractivity contribution < 1.29 is 8.42 Å². The molecule has 3 atom stereocenters. The van der Waals surface area contributed by atoms with E-state index in [1.54, 1.807) is 24.3 Å². The van der Waals surface area contributed by atoms with Gasteiger partial charge in [0.15, 0.2) is 0 Å². The molecule has 1 heterocycles. The van der Waals surface area contributed by atoms with Crippen LogP contribution in [-0.4, -0.2) is 38.7 Å². The number of nitrogens with zero attached hydrogens (tertiary/aromatic N) is 2. The Bertz CT molecular complexity index is 736. The lowest BCUT2D eigenvalue weighted by Crippen LogP contribution is -2.55. The lowest BCUT2D eigenvalue weighted by molar-refractivity contribution is 0.0768. The van der Waals surface area contributed by atoms with Crippen LogP contribution in [0.1, 0.15) is 33.1 Å². The third-order valence-electron chi connectivity index (χ3n) is 5.35. The molecule has 2 aliphatic rings. The van der Waals surface area contributed by atoms with E-state index in [2.05, 4.69) is 49.7 Å². The molecule has 1 saturated carbocycles. The number of rotatable bonds is 3. The van der Waals surface area contributed by atoms with Gasteiger partial charge in [0, 0.05) is 10.5 Å². The highest BCUT2D eigenvalue weighted by Crippen LogP contribution is 2.32. The highest BCUT2D eigenvalue weighted by Gasteiger charge is 2.32. The molecule has 0 unspecified atom stereocenters. The number of aliphatic imine (C=N–C) groups is 1. The SMILES string of the molecule is C[C@@H]1[C@H](C)CCC[C@H]1N1CN=C(NS(=O)(=O)c2ccc(Br)cc2)NC1. The Morgan fingerprint density at radius 1 is 1.24 bits per heavy atom. The van der Waals surface area contributed by atoms with Crippen molar-refractivity contribution in [2.45, 2.75) is 44.0 Å². The smallest absolute Gasteiger partial charge is 0.264 e. The molecule has 25 heavy (non-hydrogen) atoms. The fraction of sp³-hybridized carbons (Fsp3) is 0.588. The average Bonchev–Trinajstić information content (AvgIpc) is 2.58. The molecule has 0 bridgehead atoms. The van der Waals surface area contributed by atoms with Crippen molar-refractivity contribution in [3.63, 3.8) is 0 Å². The van der Waals surface area contributed by atoms with E-state index in [0.29, 0.717) is 31.3 Å². The quantitative estimate of drug-likeness (QED) is 0.775. The van der Waals surface area contributed by atoms with Crippen molar-refractivity contribution in [2.24, 2.45) is 16.8 Å². The molecule has 8 heteroatoms. The Kier molecular flexibility index (Phi) is 5.70. The summed E-state index contributed by atoms with van der Waals surface area (Å²) in [4.78, 5) is 6.93. The fourth-order valence-electron chi connectivity index (χ4n) is 3.60. The van der Waals surface area contributed by atoms with E-state index in [1.807, 2.05) is 0 Å².